The average Bonchev–Trinajstić information content (AvgIpc) is 2.48. The second kappa shape index (κ2) is 7.01. The van der Waals surface area contributed by atoms with Crippen molar-refractivity contribution in [2.24, 2.45) is 5.92 Å². The Morgan fingerprint density at radius 1 is 1.50 bits per heavy atom. The molecule has 0 amide bonds. The molecule has 1 aromatic rings. The van der Waals surface area contributed by atoms with Crippen molar-refractivity contribution >= 4 is 17.4 Å². The molecule has 2 rings (SSSR count). The molecule has 1 fully saturated rings. The molecule has 0 spiro atoms. The summed E-state index contributed by atoms with van der Waals surface area (Å²) < 4.78 is 5.58. The van der Waals surface area contributed by atoms with Gasteiger partial charge in [-0.25, -0.2) is 0 Å². The summed E-state index contributed by atoms with van der Waals surface area (Å²) in [7, 11) is 1.78. The lowest BCUT2D eigenvalue weighted by Gasteiger charge is -2.38. The van der Waals surface area contributed by atoms with Crippen molar-refractivity contribution in [3.05, 3.63) is 23.8 Å². The molecule has 0 saturated carbocycles. The number of ether oxygens (including phenoxy) is 1. The van der Waals surface area contributed by atoms with E-state index in [9.17, 15) is 5.26 Å². The van der Waals surface area contributed by atoms with Gasteiger partial charge in [0, 0.05) is 25.1 Å². The van der Waals surface area contributed by atoms with Crippen LogP contribution in [0.1, 0.15) is 25.8 Å². The lowest BCUT2D eigenvalue weighted by atomic mass is 9.95. The summed E-state index contributed by atoms with van der Waals surface area (Å²) in [5.74, 6) is 1.56. The SMILES string of the molecule is CCSc1cccc(N2CCC(C)C(OC)C2)c1C#N. The molecule has 0 aliphatic carbocycles. The van der Waals surface area contributed by atoms with Gasteiger partial charge >= 0.3 is 0 Å². The topological polar surface area (TPSA) is 36.3 Å². The standard InChI is InChI=1S/C16H22N2OS/c1-4-20-16-7-5-6-14(13(16)10-17)18-9-8-12(2)15(11-18)19-3/h5-7,12,15H,4,8-9,11H2,1-3H3. The third-order valence-electron chi connectivity index (χ3n) is 3.95. The number of hydrogen-bond acceptors (Lipinski definition) is 4. The van der Waals surface area contributed by atoms with Crippen LogP contribution in [0.5, 0.6) is 0 Å². The van der Waals surface area contributed by atoms with Gasteiger partial charge in [-0.3, -0.25) is 0 Å². The summed E-state index contributed by atoms with van der Waals surface area (Å²) >= 11 is 1.73. The lowest BCUT2D eigenvalue weighted by Crippen LogP contribution is -2.44. The van der Waals surface area contributed by atoms with E-state index in [0.29, 0.717) is 5.92 Å². The van der Waals surface area contributed by atoms with Crippen molar-refractivity contribution in [3.8, 4) is 6.07 Å². The zero-order valence-electron chi connectivity index (χ0n) is 12.4. The Kier molecular flexibility index (Phi) is 5.33. The highest BCUT2D eigenvalue weighted by Gasteiger charge is 2.27. The van der Waals surface area contributed by atoms with E-state index in [2.05, 4.69) is 30.9 Å². The fraction of sp³-hybridized carbons (Fsp3) is 0.562. The van der Waals surface area contributed by atoms with Crippen LogP contribution in [-0.4, -0.2) is 32.1 Å². The molecular formula is C16H22N2OS. The quantitative estimate of drug-likeness (QED) is 0.795. The van der Waals surface area contributed by atoms with Gasteiger partial charge in [-0.05, 0) is 30.2 Å². The molecule has 3 nitrogen and oxygen atoms in total. The van der Waals surface area contributed by atoms with Crippen LogP contribution in [0, 0.1) is 17.2 Å². The molecule has 2 atom stereocenters. The van der Waals surface area contributed by atoms with E-state index in [4.69, 9.17) is 4.74 Å². The van der Waals surface area contributed by atoms with Gasteiger partial charge in [0.05, 0.1) is 17.4 Å². The summed E-state index contributed by atoms with van der Waals surface area (Å²) in [4.78, 5) is 3.38. The van der Waals surface area contributed by atoms with E-state index >= 15 is 0 Å². The van der Waals surface area contributed by atoms with Crippen molar-refractivity contribution in [2.75, 3.05) is 30.9 Å². The molecule has 0 aromatic heterocycles. The molecule has 1 heterocycles. The normalized spacial score (nSPS) is 22.6. The van der Waals surface area contributed by atoms with Gasteiger partial charge in [0.15, 0.2) is 0 Å². The minimum absolute atomic E-state index is 0.248. The Bertz CT molecular complexity index is 498. The number of methoxy groups -OCH3 is 1. The van der Waals surface area contributed by atoms with Crippen LogP contribution in [0.25, 0.3) is 0 Å². The molecule has 1 aromatic carbocycles. The van der Waals surface area contributed by atoms with E-state index < -0.39 is 0 Å². The van der Waals surface area contributed by atoms with Crippen molar-refractivity contribution in [3.63, 3.8) is 0 Å². The van der Waals surface area contributed by atoms with Gasteiger partial charge in [0.2, 0.25) is 0 Å². The number of benzene rings is 1. The van der Waals surface area contributed by atoms with Gasteiger partial charge < -0.3 is 9.64 Å². The predicted molar refractivity (Wildman–Crippen MR) is 84.3 cm³/mol. The van der Waals surface area contributed by atoms with Crippen LogP contribution in [0.15, 0.2) is 23.1 Å². The number of anilines is 1. The van der Waals surface area contributed by atoms with Crippen LogP contribution >= 0.6 is 11.8 Å². The second-order valence-electron chi connectivity index (χ2n) is 5.18. The molecule has 1 saturated heterocycles. The average molecular weight is 290 g/mol. The molecule has 4 heteroatoms. The number of rotatable bonds is 4. The summed E-state index contributed by atoms with van der Waals surface area (Å²) in [5, 5.41) is 9.51. The lowest BCUT2D eigenvalue weighted by molar-refractivity contribution is 0.0498. The summed E-state index contributed by atoms with van der Waals surface area (Å²) in [6, 6.07) is 8.53. The molecule has 1 aliphatic heterocycles. The first-order valence-corrected chi connectivity index (χ1v) is 8.13. The molecule has 2 unspecified atom stereocenters. The fourth-order valence-corrected chi connectivity index (χ4v) is 3.51. The number of nitrogens with zero attached hydrogens (tertiary/aromatic N) is 2. The van der Waals surface area contributed by atoms with Gasteiger partial charge in [0.25, 0.3) is 0 Å². The van der Waals surface area contributed by atoms with Gasteiger partial charge in [0.1, 0.15) is 6.07 Å². The highest BCUT2D eigenvalue weighted by atomic mass is 32.2. The molecular weight excluding hydrogens is 268 g/mol. The van der Waals surface area contributed by atoms with Crippen LogP contribution in [-0.2, 0) is 4.74 Å². The van der Waals surface area contributed by atoms with E-state index in [-0.39, 0.29) is 6.10 Å². The largest absolute Gasteiger partial charge is 0.379 e. The molecule has 108 valence electrons. The smallest absolute Gasteiger partial charge is 0.103 e. The third kappa shape index (κ3) is 3.11. The Labute approximate surface area is 125 Å². The van der Waals surface area contributed by atoms with Crippen LogP contribution < -0.4 is 4.90 Å². The van der Waals surface area contributed by atoms with Gasteiger partial charge in [-0.2, -0.15) is 5.26 Å². The number of piperidine rings is 1. The Morgan fingerprint density at radius 2 is 2.30 bits per heavy atom. The first kappa shape index (κ1) is 15.2. The van der Waals surface area contributed by atoms with Crippen molar-refractivity contribution in [2.45, 2.75) is 31.3 Å². The maximum Gasteiger partial charge on any atom is 0.103 e. The Balaban J connectivity index is 2.28. The molecule has 1 aliphatic rings. The molecule has 20 heavy (non-hydrogen) atoms. The molecule has 0 radical (unpaired) electrons. The van der Waals surface area contributed by atoms with Gasteiger partial charge in [-0.1, -0.05) is 19.9 Å². The number of thioether (sulfide) groups is 1. The Morgan fingerprint density at radius 3 is 2.95 bits per heavy atom. The second-order valence-corrected chi connectivity index (χ2v) is 6.49. The van der Waals surface area contributed by atoms with Crippen LogP contribution in [0.4, 0.5) is 5.69 Å². The maximum absolute atomic E-state index is 9.51. The minimum atomic E-state index is 0.248. The third-order valence-corrected chi connectivity index (χ3v) is 4.89. The highest BCUT2D eigenvalue weighted by molar-refractivity contribution is 7.99. The Hall–Kier alpha value is -1.18. The molecule has 0 N–H and O–H groups in total. The number of hydrogen-bond donors (Lipinski definition) is 0. The van der Waals surface area contributed by atoms with E-state index in [1.165, 1.54) is 0 Å². The van der Waals surface area contributed by atoms with Crippen molar-refractivity contribution in [1.82, 2.24) is 0 Å². The van der Waals surface area contributed by atoms with E-state index in [1.807, 2.05) is 12.1 Å². The number of nitriles is 1. The van der Waals surface area contributed by atoms with Crippen LogP contribution in [0.2, 0.25) is 0 Å². The fourth-order valence-electron chi connectivity index (χ4n) is 2.73. The summed E-state index contributed by atoms with van der Waals surface area (Å²) in [6.07, 6.45) is 1.35. The molecule has 0 bridgehead atoms. The van der Waals surface area contributed by atoms with Crippen molar-refractivity contribution < 1.29 is 4.74 Å². The monoisotopic (exact) mass is 290 g/mol. The zero-order chi connectivity index (χ0) is 14.5. The van der Waals surface area contributed by atoms with Gasteiger partial charge in [-0.15, -0.1) is 11.8 Å². The van der Waals surface area contributed by atoms with E-state index in [0.717, 1.165) is 41.4 Å². The van der Waals surface area contributed by atoms with E-state index in [1.54, 1.807) is 18.9 Å². The first-order valence-electron chi connectivity index (χ1n) is 7.14. The summed E-state index contributed by atoms with van der Waals surface area (Å²) in [5.41, 5.74) is 1.86. The maximum atomic E-state index is 9.51. The predicted octanol–water partition coefficient (Wildman–Crippen LogP) is 3.53. The first-order chi connectivity index (χ1) is 9.71. The minimum Gasteiger partial charge on any atom is -0.379 e. The van der Waals surface area contributed by atoms with Crippen LogP contribution in [0.3, 0.4) is 0 Å². The van der Waals surface area contributed by atoms with Crippen molar-refractivity contribution in [1.29, 1.82) is 5.26 Å². The zero-order valence-corrected chi connectivity index (χ0v) is 13.2. The highest BCUT2D eigenvalue weighted by Crippen LogP contribution is 2.32. The summed E-state index contributed by atoms with van der Waals surface area (Å²) in [6.45, 7) is 6.21.